The van der Waals surface area contributed by atoms with E-state index in [1.807, 2.05) is 0 Å². The molecule has 232 valence electrons. The number of carbonyl (C=O) groups excluding carboxylic acids is 2. The van der Waals surface area contributed by atoms with E-state index in [9.17, 15) is 32.5 Å². The van der Waals surface area contributed by atoms with Gasteiger partial charge in [0.1, 0.15) is 23.5 Å². The van der Waals surface area contributed by atoms with Crippen molar-refractivity contribution in [2.24, 2.45) is 15.9 Å². The van der Waals surface area contributed by atoms with Gasteiger partial charge in [-0.2, -0.15) is 23.4 Å². The highest BCUT2D eigenvalue weighted by atomic mass is 32.2. The number of rotatable bonds is 12. The summed E-state index contributed by atoms with van der Waals surface area (Å²) >= 11 is 0.969. The molecule has 43 heavy (non-hydrogen) atoms. The van der Waals surface area contributed by atoms with E-state index >= 15 is 0 Å². The van der Waals surface area contributed by atoms with Crippen LogP contribution in [0.2, 0.25) is 0 Å². The van der Waals surface area contributed by atoms with Gasteiger partial charge >= 0.3 is 16.3 Å². The third-order valence-corrected chi connectivity index (χ3v) is 8.47. The summed E-state index contributed by atoms with van der Waals surface area (Å²) in [5.74, 6) is -3.23. The van der Waals surface area contributed by atoms with Crippen molar-refractivity contribution in [2.45, 2.75) is 56.1 Å². The molecule has 0 bridgehead atoms. The average molecular weight is 641 g/mol. The highest BCUT2D eigenvalue weighted by molar-refractivity contribution is 7.84. The molecule has 2 saturated heterocycles. The maximum absolute atomic E-state index is 13.2. The lowest BCUT2D eigenvalue weighted by Gasteiger charge is -2.43. The Morgan fingerprint density at radius 3 is 2.70 bits per heavy atom. The fourth-order valence-corrected chi connectivity index (χ4v) is 5.82. The second-order valence-electron chi connectivity index (χ2n) is 9.96. The number of β-lactam (4-membered cyclic amide) rings is 1. The molecule has 1 unspecified atom stereocenters. The highest BCUT2D eigenvalue weighted by Gasteiger charge is 2.56. The average Bonchev–Trinajstić information content (AvgIpc) is 3.25. The maximum Gasteiger partial charge on any atom is 0.362 e. The zero-order valence-electron chi connectivity index (χ0n) is 22.3. The van der Waals surface area contributed by atoms with Gasteiger partial charge in [0, 0.05) is 30.8 Å². The Morgan fingerprint density at radius 2 is 2.09 bits per heavy atom. The van der Waals surface area contributed by atoms with Gasteiger partial charge < -0.3 is 37.4 Å². The van der Waals surface area contributed by atoms with Crippen molar-refractivity contribution in [3.05, 3.63) is 23.0 Å². The van der Waals surface area contributed by atoms with Crippen LogP contribution in [0.5, 0.6) is 0 Å². The number of aliphatic carboxylic acids is 1. The third-order valence-electron chi connectivity index (χ3n) is 6.85. The van der Waals surface area contributed by atoms with Crippen molar-refractivity contribution in [3.8, 4) is 0 Å². The minimum atomic E-state index is -5.01. The van der Waals surface area contributed by atoms with Crippen LogP contribution in [0.1, 0.15) is 30.7 Å². The first-order chi connectivity index (χ1) is 20.4. The van der Waals surface area contributed by atoms with Gasteiger partial charge in [0.25, 0.3) is 11.8 Å². The molecule has 4 heterocycles. The molecule has 9 N–H and O–H groups in total. The van der Waals surface area contributed by atoms with Crippen molar-refractivity contribution in [3.63, 3.8) is 0 Å². The topological polar surface area (TPSA) is 295 Å². The predicted molar refractivity (Wildman–Crippen MR) is 148 cm³/mol. The van der Waals surface area contributed by atoms with Gasteiger partial charge in [-0.05, 0) is 13.0 Å². The van der Waals surface area contributed by atoms with Crippen LogP contribution < -0.4 is 27.4 Å². The van der Waals surface area contributed by atoms with Crippen molar-refractivity contribution < 1.29 is 37.3 Å². The Bertz CT molecular complexity index is 1580. The van der Waals surface area contributed by atoms with Crippen LogP contribution in [0.3, 0.4) is 0 Å². The first-order valence-corrected chi connectivity index (χ1v) is 15.1. The SMILES string of the molecule is NC(=NCc1cnn(C[C@@H]2[C@H](NC(=O)/C(=N\OC3(C(=O)O)CC3)c3csc(N)n3)C(=O)N2S(=O)(=O)O)n1)NC1CCNC1. The van der Waals surface area contributed by atoms with E-state index in [0.717, 1.165) is 35.6 Å². The largest absolute Gasteiger partial charge is 0.478 e. The molecule has 5 rings (SSSR count). The molecule has 22 heteroatoms. The number of carbonyl (C=O) groups is 3. The minimum absolute atomic E-state index is 0.0547. The van der Waals surface area contributed by atoms with E-state index in [1.54, 1.807) is 0 Å². The number of guanidine groups is 1. The number of thiazole rings is 1. The van der Waals surface area contributed by atoms with Gasteiger partial charge in [-0.15, -0.1) is 11.3 Å². The Kier molecular flexibility index (Phi) is 8.18. The van der Waals surface area contributed by atoms with Crippen LogP contribution in [0.15, 0.2) is 21.7 Å². The second kappa shape index (κ2) is 11.7. The molecule has 3 aliphatic rings. The number of amides is 2. The van der Waals surface area contributed by atoms with E-state index < -0.39 is 51.5 Å². The van der Waals surface area contributed by atoms with Crippen LogP contribution >= 0.6 is 11.3 Å². The lowest BCUT2D eigenvalue weighted by molar-refractivity contribution is -0.153. The van der Waals surface area contributed by atoms with Gasteiger partial charge in [0.15, 0.2) is 16.8 Å². The van der Waals surface area contributed by atoms with E-state index in [0.29, 0.717) is 5.69 Å². The van der Waals surface area contributed by atoms with Crippen LogP contribution in [0.25, 0.3) is 0 Å². The number of anilines is 1. The molecule has 0 radical (unpaired) electrons. The summed E-state index contributed by atoms with van der Waals surface area (Å²) in [6, 6.07) is -2.66. The third kappa shape index (κ3) is 6.65. The normalized spacial score (nSPS) is 23.5. The number of hydrogen-bond acceptors (Lipinski definition) is 14. The number of carboxylic acid groups (broad SMARTS) is 1. The van der Waals surface area contributed by atoms with Crippen LogP contribution in [-0.4, -0.2) is 109 Å². The van der Waals surface area contributed by atoms with Gasteiger partial charge in [0.2, 0.25) is 5.60 Å². The number of nitrogens with two attached hydrogens (primary N) is 2. The molecule has 0 spiro atoms. The molecule has 1 saturated carbocycles. The van der Waals surface area contributed by atoms with Gasteiger partial charge in [-0.3, -0.25) is 14.1 Å². The summed E-state index contributed by atoms with van der Waals surface area (Å²) in [6.45, 7) is 1.34. The first-order valence-electron chi connectivity index (χ1n) is 12.8. The zero-order valence-corrected chi connectivity index (χ0v) is 23.9. The van der Waals surface area contributed by atoms with Gasteiger partial charge in [-0.1, -0.05) is 5.16 Å². The number of nitrogens with zero attached hydrogens (tertiary/aromatic N) is 7. The Labute approximate surface area is 247 Å². The Balaban J connectivity index is 1.30. The predicted octanol–water partition coefficient (Wildman–Crippen LogP) is -3.38. The van der Waals surface area contributed by atoms with Crippen LogP contribution in [0.4, 0.5) is 5.13 Å². The van der Waals surface area contributed by atoms with E-state index in [1.165, 1.54) is 11.6 Å². The number of carboxylic acids is 1. The summed E-state index contributed by atoms with van der Waals surface area (Å²) in [4.78, 5) is 51.9. The van der Waals surface area contributed by atoms with Crippen molar-refractivity contribution in [1.82, 2.24) is 40.2 Å². The Hall–Kier alpha value is -4.41. The van der Waals surface area contributed by atoms with Gasteiger partial charge in [0.05, 0.1) is 19.3 Å². The summed E-state index contributed by atoms with van der Waals surface area (Å²) in [7, 11) is -5.01. The molecular weight excluding hydrogens is 612 g/mol. The molecule has 2 aromatic heterocycles. The molecule has 0 aromatic carbocycles. The Morgan fingerprint density at radius 1 is 1.33 bits per heavy atom. The molecule has 1 aliphatic carbocycles. The van der Waals surface area contributed by atoms with Gasteiger partial charge in [-0.25, -0.2) is 19.1 Å². The fraction of sp³-hybridized carbons (Fsp3) is 0.524. The van der Waals surface area contributed by atoms with Crippen LogP contribution in [0, 0.1) is 0 Å². The summed E-state index contributed by atoms with van der Waals surface area (Å²) in [5.41, 5.74) is 9.81. The summed E-state index contributed by atoms with van der Waals surface area (Å²) < 4.78 is 33.7. The zero-order chi connectivity index (χ0) is 30.9. The van der Waals surface area contributed by atoms with E-state index in [2.05, 4.69) is 41.3 Å². The molecular formula is C21H28N12O8S2. The maximum atomic E-state index is 13.2. The number of nitrogens with one attached hydrogen (secondary N) is 3. The lowest BCUT2D eigenvalue weighted by Crippen LogP contribution is -2.73. The minimum Gasteiger partial charge on any atom is -0.478 e. The molecule has 20 nitrogen and oxygen atoms in total. The van der Waals surface area contributed by atoms with Crippen molar-refractivity contribution >= 4 is 56.2 Å². The molecule has 3 fully saturated rings. The quantitative estimate of drug-likeness (QED) is 0.0391. The molecule has 2 amide bonds. The number of aliphatic imine (C=N–C) groups is 1. The van der Waals surface area contributed by atoms with Crippen molar-refractivity contribution in [2.75, 3.05) is 18.8 Å². The lowest BCUT2D eigenvalue weighted by atomic mass is 9.98. The molecule has 3 atom stereocenters. The van der Waals surface area contributed by atoms with Crippen LogP contribution in [-0.2, 0) is 42.6 Å². The number of hydrogen-bond donors (Lipinski definition) is 7. The second-order valence-corrected chi connectivity index (χ2v) is 12.1. The fourth-order valence-electron chi connectivity index (χ4n) is 4.40. The monoisotopic (exact) mass is 640 g/mol. The summed E-state index contributed by atoms with van der Waals surface area (Å²) in [6.07, 6.45) is 2.59. The summed E-state index contributed by atoms with van der Waals surface area (Å²) in [5, 5.41) is 31.4. The standard InChI is InChI=1S/C21H28N12O8S2/c22-19(27-10-1-4-24-5-10)25-6-11-7-26-32(30-11)8-13-15(17(35)33(13)43(38,39)40)29-16(34)14(12-9-42-20(23)28-12)31-41-21(2-3-21)18(36)37/h7,9-10,13,15,24H,1-6,8H2,(H2,23,28)(H,29,34)(H,36,37)(H3,22,25,27)(H,38,39,40)/b31-14-/t10?,13-,15+/m1/s1. The van der Waals surface area contributed by atoms with E-state index in [-0.39, 0.29) is 53.1 Å². The molecule has 2 aliphatic heterocycles. The molecule has 2 aromatic rings. The smallest absolute Gasteiger partial charge is 0.362 e. The number of oxime groups is 1. The number of nitrogen functional groups attached to an aromatic ring is 1. The van der Waals surface area contributed by atoms with Crippen molar-refractivity contribution in [1.29, 1.82) is 0 Å². The number of aromatic nitrogens is 4. The first kappa shape index (κ1) is 30.1. The highest BCUT2D eigenvalue weighted by Crippen LogP contribution is 2.40. The van der Waals surface area contributed by atoms with E-state index in [4.69, 9.17) is 16.3 Å².